The van der Waals surface area contributed by atoms with Crippen LogP contribution in [0.15, 0.2) is 212 Å². The summed E-state index contributed by atoms with van der Waals surface area (Å²) in [7, 11) is -2.99. The van der Waals surface area contributed by atoms with Crippen molar-refractivity contribution in [2.45, 2.75) is 220 Å². The Bertz CT molecular complexity index is 4420. The predicted molar refractivity (Wildman–Crippen MR) is 421 cm³/mol. The quantitative estimate of drug-likeness (QED) is 0.0292. The summed E-state index contributed by atoms with van der Waals surface area (Å²) in [5.41, 5.74) is 0.737. The molecular weight excluding hydrogens is 1550 g/mol. The van der Waals surface area contributed by atoms with E-state index in [1.54, 1.807) is 105 Å². The molecule has 117 heavy (non-hydrogen) atoms. The molecule has 26 nitrogen and oxygen atoms in total. The molecule has 0 amide bonds. The van der Waals surface area contributed by atoms with E-state index < -0.39 is 196 Å². The van der Waals surface area contributed by atoms with Crippen molar-refractivity contribution < 1.29 is 123 Å². The van der Waals surface area contributed by atoms with Gasteiger partial charge in [-0.2, -0.15) is 0 Å². The fraction of sp³-hybridized carbons (Fsp3) is 0.472. The number of benzene rings is 7. The van der Waals surface area contributed by atoms with Crippen molar-refractivity contribution in [1.82, 2.24) is 0 Å². The number of carbonyl (C=O) groups is 5. The molecule has 8 aliphatic heterocycles. The third-order valence-corrected chi connectivity index (χ3v) is 28.0. The van der Waals surface area contributed by atoms with Crippen molar-refractivity contribution in [2.75, 3.05) is 38.8 Å². The highest BCUT2D eigenvalue weighted by Crippen LogP contribution is 2.49. The van der Waals surface area contributed by atoms with E-state index in [9.17, 15) is 9.59 Å². The minimum Gasteiger partial charge on any atom is -0.466 e. The van der Waals surface area contributed by atoms with Gasteiger partial charge in [-0.15, -0.1) is 11.8 Å². The number of thioether (sulfide) groups is 1. The smallest absolute Gasteiger partial charge is 0.338 e. The van der Waals surface area contributed by atoms with Gasteiger partial charge < -0.3 is 99.2 Å². The molecule has 28 heteroatoms. The second kappa shape index (κ2) is 37.2. The van der Waals surface area contributed by atoms with Gasteiger partial charge in [-0.1, -0.05) is 204 Å². The molecule has 8 saturated heterocycles. The molecule has 24 atom stereocenters. The fourth-order valence-electron chi connectivity index (χ4n) is 15.1. The van der Waals surface area contributed by atoms with E-state index >= 15 is 14.4 Å². The standard InChI is InChI=1S/C89H100O26SSi/c1-10-116-86-75(106-78(93)55-36-22-13-23-37-55)70(66-63(103-86)51-99-81(109-66)58-42-28-16-29-43-58)113-83-72(104-76(91)53-32-18-11-19-33-53)68(64-60(100-83)48-96-79(107-64)56-38-24-14-25-39-56)111-84-73(114-87(94)89(6,7)46-47-95-52(2)90)69(65-61(101-84)49-97-80(108-65)57-40-26-15-27-41-57)112-85-74(105-77(92)54-34-20-12-21-35-54)71(115-117(8,9)88(3,4)5)67-62(102-85)50-98-82(110-67)59-44-30-17-31-45-59/h11-45,60-75,79-86H,10,46-51H2,1-9H3/t60?,61?,62?,63?,64-,65-,66-,67-,68-,69-,70-,71-,72?,73?,74?,75?,79?,80?,81?,82?,83-,84-,85-,86-/m0/s1. The highest BCUT2D eigenvalue weighted by molar-refractivity contribution is 7.99. The Labute approximate surface area is 685 Å². The predicted octanol–water partition coefficient (Wildman–Crippen LogP) is 13.2. The van der Waals surface area contributed by atoms with Crippen LogP contribution in [0.3, 0.4) is 0 Å². The normalized spacial score (nSPS) is 32.4. The molecule has 8 fully saturated rings. The topological polar surface area (TPSA) is 279 Å². The van der Waals surface area contributed by atoms with Crippen molar-refractivity contribution in [2.24, 2.45) is 5.41 Å². The van der Waals surface area contributed by atoms with E-state index in [2.05, 4.69) is 33.9 Å². The average molecular weight is 1650 g/mol. The average Bonchev–Trinajstić information content (AvgIpc) is 0.742. The van der Waals surface area contributed by atoms with E-state index in [4.69, 9.17) is 99.2 Å². The van der Waals surface area contributed by atoms with Crippen LogP contribution in [0, 0.1) is 5.41 Å². The van der Waals surface area contributed by atoms with Crippen molar-refractivity contribution in [1.29, 1.82) is 0 Å². The molecule has 0 aromatic heterocycles. The molecule has 8 heterocycles. The van der Waals surface area contributed by atoms with E-state index in [0.717, 1.165) is 0 Å². The number of fused-ring (bicyclic) bond motifs is 4. The Morgan fingerprint density at radius 1 is 0.385 bits per heavy atom. The van der Waals surface area contributed by atoms with Gasteiger partial charge in [-0.25, -0.2) is 14.4 Å². The number of hydrogen-bond acceptors (Lipinski definition) is 27. The van der Waals surface area contributed by atoms with E-state index in [0.29, 0.717) is 28.0 Å². The molecule has 15 rings (SSSR count). The first-order chi connectivity index (χ1) is 56.5. The van der Waals surface area contributed by atoms with Crippen molar-refractivity contribution in [3.63, 3.8) is 0 Å². The second-order valence-corrected chi connectivity index (χ2v) is 38.2. The lowest BCUT2D eigenvalue weighted by Crippen LogP contribution is -2.71. The molecule has 622 valence electrons. The summed E-state index contributed by atoms with van der Waals surface area (Å²) in [5, 5.41) is -0.446. The van der Waals surface area contributed by atoms with Gasteiger partial charge in [0.1, 0.15) is 78.7 Å². The van der Waals surface area contributed by atoms with E-state index in [-0.39, 0.29) is 56.1 Å². The summed E-state index contributed by atoms with van der Waals surface area (Å²) < 4.78 is 147. The molecular formula is C89H100O26SSi. The molecule has 7 aromatic rings. The molecule has 0 bridgehead atoms. The number of hydrogen-bond donors (Lipinski definition) is 0. The minimum atomic E-state index is -2.99. The van der Waals surface area contributed by atoms with Crippen LogP contribution in [-0.4, -0.2) is 199 Å². The maximum atomic E-state index is 15.9. The monoisotopic (exact) mass is 1640 g/mol. The van der Waals surface area contributed by atoms with Crippen LogP contribution >= 0.6 is 11.8 Å². The third kappa shape index (κ3) is 19.3. The molecule has 0 aliphatic carbocycles. The van der Waals surface area contributed by atoms with Gasteiger partial charge in [0.05, 0.1) is 55.1 Å². The van der Waals surface area contributed by atoms with Gasteiger partial charge in [-0.05, 0) is 80.6 Å². The van der Waals surface area contributed by atoms with Crippen LogP contribution in [0.4, 0.5) is 0 Å². The number of rotatable bonds is 25. The van der Waals surface area contributed by atoms with Gasteiger partial charge in [-0.3, -0.25) is 9.59 Å². The highest BCUT2D eigenvalue weighted by Gasteiger charge is 2.64. The molecule has 0 radical (unpaired) electrons. The maximum Gasteiger partial charge on any atom is 0.338 e. The third-order valence-electron chi connectivity index (χ3n) is 22.4. The van der Waals surface area contributed by atoms with Crippen LogP contribution < -0.4 is 0 Å². The number of esters is 5. The van der Waals surface area contributed by atoms with Crippen molar-refractivity contribution in [3.05, 3.63) is 251 Å². The van der Waals surface area contributed by atoms with Gasteiger partial charge >= 0.3 is 29.8 Å². The summed E-state index contributed by atoms with van der Waals surface area (Å²) in [6, 6.07) is 62.3. The Morgan fingerprint density at radius 2 is 0.684 bits per heavy atom. The summed E-state index contributed by atoms with van der Waals surface area (Å²) in [6.07, 6.45) is -30.6. The lowest BCUT2D eigenvalue weighted by Gasteiger charge is -2.55. The Morgan fingerprint density at radius 3 is 1.02 bits per heavy atom. The van der Waals surface area contributed by atoms with Crippen LogP contribution in [0.5, 0.6) is 0 Å². The van der Waals surface area contributed by atoms with Gasteiger partial charge in [0.15, 0.2) is 76.8 Å². The summed E-state index contributed by atoms with van der Waals surface area (Å²) >= 11 is 1.36. The lowest BCUT2D eigenvalue weighted by molar-refractivity contribution is -0.424. The maximum absolute atomic E-state index is 15.9. The minimum absolute atomic E-state index is 0.00428. The van der Waals surface area contributed by atoms with Gasteiger partial charge in [0, 0.05) is 29.2 Å². The molecule has 0 saturated carbocycles. The highest BCUT2D eigenvalue weighted by atomic mass is 32.2. The Kier molecular flexibility index (Phi) is 26.7. The lowest BCUT2D eigenvalue weighted by atomic mass is 9.89. The van der Waals surface area contributed by atoms with Crippen LogP contribution in [0.25, 0.3) is 0 Å². The van der Waals surface area contributed by atoms with Crippen molar-refractivity contribution in [3.8, 4) is 0 Å². The van der Waals surface area contributed by atoms with Crippen molar-refractivity contribution >= 4 is 49.9 Å². The molecule has 12 unspecified atom stereocenters. The molecule has 0 spiro atoms. The zero-order valence-electron chi connectivity index (χ0n) is 66.5. The number of carbonyl (C=O) groups excluding carboxylic acids is 5. The summed E-state index contributed by atoms with van der Waals surface area (Å²) in [5.74, 6) is -3.27. The van der Waals surface area contributed by atoms with Crippen LogP contribution in [0.2, 0.25) is 18.1 Å². The van der Waals surface area contributed by atoms with Crippen LogP contribution in [0.1, 0.15) is 133 Å². The summed E-state index contributed by atoms with van der Waals surface area (Å²) in [6.45, 7) is 16.2. The molecule has 8 aliphatic rings. The first kappa shape index (κ1) is 83.9. The first-order valence-corrected chi connectivity index (χ1v) is 43.8. The van der Waals surface area contributed by atoms with Gasteiger partial charge in [0.2, 0.25) is 0 Å². The largest absolute Gasteiger partial charge is 0.466 e. The SMILES string of the molecule is CCS[C@@H]1OC2COC(c3ccccc3)O[C@@H]2[C@H](O[C@@H]2OC3COC(c4ccccc4)O[C@@H]3[C@H](O[C@@H]3OC4COC(c5ccccc5)O[C@@H]4[C@H](O[C@@H]4OC5COC(c6ccccc6)O[C@@H]5[C@H](O[Si](C)(C)C(C)(C)C)C4OC(=O)c4ccccc4)C3OC(=O)C(C)(C)CCOC(C)=O)C2OC(=O)c2ccccc2)C1OC(=O)c1ccccc1. The van der Waals surface area contributed by atoms with E-state index in [1.165, 1.54) is 18.7 Å². The summed E-state index contributed by atoms with van der Waals surface area (Å²) in [4.78, 5) is 73.9. The Hall–Kier alpha value is -8.18. The fourth-order valence-corrected chi connectivity index (χ4v) is 17.4. The van der Waals surface area contributed by atoms with Crippen LogP contribution in [-0.2, 0) is 109 Å². The van der Waals surface area contributed by atoms with Gasteiger partial charge in [0.25, 0.3) is 0 Å². The number of ether oxygens (including phenoxy) is 20. The second-order valence-electron chi connectivity index (χ2n) is 32.0. The Balaban J connectivity index is 0.889. The molecule has 0 N–H and O–H groups in total. The first-order valence-electron chi connectivity index (χ1n) is 39.8. The molecule has 7 aromatic carbocycles. The zero-order chi connectivity index (χ0) is 81.5. The zero-order valence-corrected chi connectivity index (χ0v) is 68.4. The van der Waals surface area contributed by atoms with E-state index in [1.807, 2.05) is 128 Å².